The van der Waals surface area contributed by atoms with Gasteiger partial charge in [0.25, 0.3) is 0 Å². The lowest BCUT2D eigenvalue weighted by atomic mass is 9.86. The van der Waals surface area contributed by atoms with Crippen LogP contribution in [0.5, 0.6) is 0 Å². The van der Waals surface area contributed by atoms with E-state index >= 15 is 0 Å². The molecule has 0 saturated carbocycles. The van der Waals surface area contributed by atoms with Crippen molar-refractivity contribution in [1.82, 2.24) is 9.80 Å². The number of rotatable bonds is 2. The van der Waals surface area contributed by atoms with E-state index < -0.39 is 0 Å². The Labute approximate surface area is 103 Å². The highest BCUT2D eigenvalue weighted by Crippen LogP contribution is 2.29. The summed E-state index contributed by atoms with van der Waals surface area (Å²) in [6.45, 7) is 6.93. The van der Waals surface area contributed by atoms with Crippen LogP contribution >= 0.6 is 0 Å². The van der Waals surface area contributed by atoms with Gasteiger partial charge >= 0.3 is 0 Å². The van der Waals surface area contributed by atoms with Crippen LogP contribution in [0.15, 0.2) is 0 Å². The van der Waals surface area contributed by atoms with Crippen molar-refractivity contribution in [2.45, 2.75) is 25.3 Å². The minimum atomic E-state index is -0.198. The minimum Gasteiger partial charge on any atom is -0.378 e. The summed E-state index contributed by atoms with van der Waals surface area (Å²) in [5.74, 6) is 0. The smallest absolute Gasteiger partial charge is 0.116 e. The summed E-state index contributed by atoms with van der Waals surface area (Å²) >= 11 is 0. The summed E-state index contributed by atoms with van der Waals surface area (Å²) in [4.78, 5) is 5.12. The molecule has 0 spiro atoms. The van der Waals surface area contributed by atoms with Crippen molar-refractivity contribution in [3.63, 3.8) is 0 Å². The number of nitrogens with zero attached hydrogens (tertiary/aromatic N) is 3. The van der Waals surface area contributed by atoms with Gasteiger partial charge in [-0.2, -0.15) is 5.26 Å². The molecule has 0 aromatic carbocycles. The Hall–Kier alpha value is -0.630. The lowest BCUT2D eigenvalue weighted by molar-refractivity contribution is -0.0989. The molecule has 3 saturated heterocycles. The number of hydrogen-bond acceptors (Lipinski definition) is 4. The molecule has 0 aromatic heterocycles. The topological polar surface area (TPSA) is 39.5 Å². The number of ether oxygens (including phenoxy) is 1. The maximum absolute atomic E-state index is 9.23. The van der Waals surface area contributed by atoms with E-state index in [0.29, 0.717) is 13.2 Å². The third-order valence-electron chi connectivity index (χ3n) is 4.44. The van der Waals surface area contributed by atoms with E-state index in [2.05, 4.69) is 15.9 Å². The van der Waals surface area contributed by atoms with E-state index in [0.717, 1.165) is 25.7 Å². The molecule has 0 radical (unpaired) electrons. The molecule has 94 valence electrons. The molecule has 0 bridgehead atoms. The maximum Gasteiger partial charge on any atom is 0.116 e. The number of piperidine rings is 1. The Morgan fingerprint density at radius 1 is 1.24 bits per heavy atom. The molecule has 3 rings (SSSR count). The van der Waals surface area contributed by atoms with Crippen molar-refractivity contribution in [1.29, 1.82) is 5.26 Å². The summed E-state index contributed by atoms with van der Waals surface area (Å²) in [6.07, 6.45) is 4.08. The second-order valence-corrected chi connectivity index (χ2v) is 5.81. The fraction of sp³-hybridized carbons (Fsp3) is 0.923. The van der Waals surface area contributed by atoms with Crippen molar-refractivity contribution >= 4 is 0 Å². The molecule has 4 nitrogen and oxygen atoms in total. The number of hydrogen-bond donors (Lipinski definition) is 0. The van der Waals surface area contributed by atoms with Crippen LogP contribution in [0.1, 0.15) is 19.3 Å². The predicted octanol–water partition coefficient (Wildman–Crippen LogP) is 0.697. The first kappa shape index (κ1) is 11.5. The Morgan fingerprint density at radius 3 is 2.82 bits per heavy atom. The third-order valence-corrected chi connectivity index (χ3v) is 4.44. The average Bonchev–Trinajstić information content (AvgIpc) is 2.34. The fourth-order valence-electron chi connectivity index (χ4n) is 3.33. The molecule has 17 heavy (non-hydrogen) atoms. The van der Waals surface area contributed by atoms with Crippen molar-refractivity contribution < 1.29 is 4.74 Å². The van der Waals surface area contributed by atoms with Gasteiger partial charge in [0.15, 0.2) is 0 Å². The molecule has 4 heteroatoms. The van der Waals surface area contributed by atoms with E-state index in [1.54, 1.807) is 0 Å². The molecule has 3 heterocycles. The Kier molecular flexibility index (Phi) is 3.08. The predicted molar refractivity (Wildman–Crippen MR) is 64.5 cm³/mol. The van der Waals surface area contributed by atoms with Gasteiger partial charge in [-0.1, -0.05) is 6.42 Å². The summed E-state index contributed by atoms with van der Waals surface area (Å²) in [6, 6.07) is 3.20. The molecule has 0 amide bonds. The number of fused-ring (bicyclic) bond motifs is 1. The van der Waals surface area contributed by atoms with Crippen LogP contribution in [0.4, 0.5) is 0 Å². The molecule has 0 N–H and O–H groups in total. The largest absolute Gasteiger partial charge is 0.378 e. The number of piperazine rings is 1. The molecular weight excluding hydrogens is 214 g/mol. The normalized spacial score (nSPS) is 33.5. The molecule has 1 atom stereocenters. The highest BCUT2D eigenvalue weighted by Gasteiger charge is 2.42. The van der Waals surface area contributed by atoms with E-state index in [1.807, 2.05) is 0 Å². The first-order chi connectivity index (χ1) is 8.31. The van der Waals surface area contributed by atoms with Gasteiger partial charge in [-0.05, 0) is 19.4 Å². The van der Waals surface area contributed by atoms with Gasteiger partial charge in [-0.3, -0.25) is 9.80 Å². The highest BCUT2D eigenvalue weighted by molar-refractivity contribution is 5.06. The van der Waals surface area contributed by atoms with Gasteiger partial charge in [0.1, 0.15) is 5.41 Å². The van der Waals surface area contributed by atoms with Crippen LogP contribution < -0.4 is 0 Å². The van der Waals surface area contributed by atoms with Crippen LogP contribution in [0.25, 0.3) is 0 Å². The molecule has 3 aliphatic rings. The summed E-state index contributed by atoms with van der Waals surface area (Å²) in [5, 5.41) is 9.23. The monoisotopic (exact) mass is 235 g/mol. The van der Waals surface area contributed by atoms with E-state index in [1.165, 1.54) is 32.4 Å². The van der Waals surface area contributed by atoms with Crippen molar-refractivity contribution in [3.05, 3.63) is 0 Å². The Bertz CT molecular complexity index is 321. The van der Waals surface area contributed by atoms with E-state index in [-0.39, 0.29) is 5.41 Å². The SMILES string of the molecule is N#CC1(CN2CCN3CCCCC3C2)COC1. The van der Waals surface area contributed by atoms with Crippen LogP contribution in [0.2, 0.25) is 0 Å². The van der Waals surface area contributed by atoms with E-state index in [4.69, 9.17) is 4.74 Å². The summed E-state index contributed by atoms with van der Waals surface area (Å²) in [5.41, 5.74) is -0.198. The molecule has 3 fully saturated rings. The van der Waals surface area contributed by atoms with Crippen molar-refractivity contribution in [2.75, 3.05) is 45.9 Å². The molecule has 1 unspecified atom stereocenters. The minimum absolute atomic E-state index is 0.198. The van der Waals surface area contributed by atoms with Crippen LogP contribution in [0, 0.1) is 16.7 Å². The lowest BCUT2D eigenvalue weighted by Gasteiger charge is -2.47. The third kappa shape index (κ3) is 2.20. The van der Waals surface area contributed by atoms with Gasteiger partial charge < -0.3 is 4.74 Å². The first-order valence-corrected chi connectivity index (χ1v) is 6.77. The van der Waals surface area contributed by atoms with Gasteiger partial charge in [0.05, 0.1) is 19.3 Å². The average molecular weight is 235 g/mol. The quantitative estimate of drug-likeness (QED) is 0.706. The second kappa shape index (κ2) is 4.56. The van der Waals surface area contributed by atoms with Crippen LogP contribution in [-0.4, -0.2) is 61.8 Å². The second-order valence-electron chi connectivity index (χ2n) is 5.81. The Morgan fingerprint density at radius 2 is 2.12 bits per heavy atom. The molecule has 0 aromatic rings. The maximum atomic E-state index is 9.23. The number of nitriles is 1. The van der Waals surface area contributed by atoms with Gasteiger partial charge in [0.2, 0.25) is 0 Å². The highest BCUT2D eigenvalue weighted by atomic mass is 16.5. The van der Waals surface area contributed by atoms with Crippen LogP contribution in [-0.2, 0) is 4.74 Å². The zero-order valence-corrected chi connectivity index (χ0v) is 10.4. The lowest BCUT2D eigenvalue weighted by Crippen LogP contribution is -2.59. The van der Waals surface area contributed by atoms with Crippen molar-refractivity contribution in [3.8, 4) is 6.07 Å². The van der Waals surface area contributed by atoms with Gasteiger partial charge in [-0.25, -0.2) is 0 Å². The fourth-order valence-corrected chi connectivity index (χ4v) is 3.33. The summed E-state index contributed by atoms with van der Waals surface area (Å²) in [7, 11) is 0. The Balaban J connectivity index is 1.57. The van der Waals surface area contributed by atoms with Crippen LogP contribution in [0.3, 0.4) is 0 Å². The standard InChI is InChI=1S/C13H21N3O/c14-8-13(10-17-11-13)9-15-5-6-16-4-2-1-3-12(16)7-15/h12H,1-7,9-11H2. The zero-order valence-electron chi connectivity index (χ0n) is 10.4. The summed E-state index contributed by atoms with van der Waals surface area (Å²) < 4.78 is 5.22. The molecule has 3 aliphatic heterocycles. The molecule has 0 aliphatic carbocycles. The van der Waals surface area contributed by atoms with E-state index in [9.17, 15) is 5.26 Å². The van der Waals surface area contributed by atoms with Gasteiger partial charge in [0, 0.05) is 32.2 Å². The first-order valence-electron chi connectivity index (χ1n) is 6.77. The molecular formula is C13H21N3O. The van der Waals surface area contributed by atoms with Crippen molar-refractivity contribution in [2.24, 2.45) is 5.41 Å². The van der Waals surface area contributed by atoms with Gasteiger partial charge in [-0.15, -0.1) is 0 Å². The zero-order chi connectivity index (χ0) is 11.7.